The number of rotatable bonds is 6. The number of β-amino-alcohol motifs (C(OH)–C–C–N with tert-alkyl or cyclic N) is 1. The molecule has 192 valence electrons. The minimum absolute atomic E-state index is 0.152. The summed E-state index contributed by atoms with van der Waals surface area (Å²) < 4.78 is 0. The molecule has 7 nitrogen and oxygen atoms in total. The van der Waals surface area contributed by atoms with Gasteiger partial charge in [0.1, 0.15) is 6.04 Å². The predicted molar refractivity (Wildman–Crippen MR) is 141 cm³/mol. The first-order chi connectivity index (χ1) is 16.2. The molecular weight excluding hydrogens is 460 g/mol. The predicted octanol–water partition coefficient (Wildman–Crippen LogP) is 4.06. The van der Waals surface area contributed by atoms with Crippen molar-refractivity contribution in [3.8, 4) is 10.4 Å². The molecule has 1 aliphatic heterocycles. The first-order valence-electron chi connectivity index (χ1n) is 12.2. The van der Waals surface area contributed by atoms with Gasteiger partial charge in [-0.25, -0.2) is 4.98 Å². The van der Waals surface area contributed by atoms with Crippen molar-refractivity contribution in [2.24, 2.45) is 5.41 Å². The summed E-state index contributed by atoms with van der Waals surface area (Å²) in [6.45, 7) is 16.2. The largest absolute Gasteiger partial charge is 0.391 e. The van der Waals surface area contributed by atoms with Crippen LogP contribution in [-0.4, -0.2) is 57.1 Å². The van der Waals surface area contributed by atoms with Crippen LogP contribution in [0, 0.1) is 12.3 Å². The Kier molecular flexibility index (Phi) is 8.09. The van der Waals surface area contributed by atoms with Crippen LogP contribution in [0.1, 0.15) is 72.2 Å². The number of aliphatic hydroxyl groups excluding tert-OH is 1. The summed E-state index contributed by atoms with van der Waals surface area (Å²) in [6.07, 6.45) is -0.484. The Morgan fingerprint density at radius 1 is 1.14 bits per heavy atom. The molecule has 8 heteroatoms. The van der Waals surface area contributed by atoms with Gasteiger partial charge in [-0.2, -0.15) is 0 Å². The van der Waals surface area contributed by atoms with Crippen LogP contribution in [0.3, 0.4) is 0 Å². The molecule has 3 rings (SSSR count). The number of hydrogen-bond donors (Lipinski definition) is 3. The molecule has 0 unspecified atom stereocenters. The van der Waals surface area contributed by atoms with Gasteiger partial charge >= 0.3 is 0 Å². The molecule has 1 fully saturated rings. The average molecular weight is 501 g/mol. The standard InChI is InChI=1S/C27H40N4O3S/c1-16(18-9-11-19(12-10-18)22-17(2)28-15-35-22)29-24(33)21-13-20(32)14-31(21)25(34)23(26(3,4)5)30-27(6,7)8/h9-12,15-16,20-21,23,30,32H,13-14H2,1-8H3,(H,29,33)/t16-,20-,21+,23+/m1/s1. The molecule has 0 saturated carbocycles. The van der Waals surface area contributed by atoms with E-state index in [1.54, 1.807) is 16.2 Å². The zero-order valence-corrected chi connectivity index (χ0v) is 23.0. The SMILES string of the molecule is Cc1ncsc1-c1ccc([C@@H](C)NC(=O)[C@@H]2C[C@@H](O)CN2C(=O)[C@H](NC(C)(C)C)C(C)(C)C)cc1. The second kappa shape index (κ2) is 10.4. The number of amides is 2. The van der Waals surface area contributed by atoms with Gasteiger partial charge in [0.2, 0.25) is 11.8 Å². The van der Waals surface area contributed by atoms with Gasteiger partial charge in [0, 0.05) is 18.5 Å². The Morgan fingerprint density at radius 3 is 2.29 bits per heavy atom. The lowest BCUT2D eigenvalue weighted by molar-refractivity contribution is -0.143. The van der Waals surface area contributed by atoms with Crippen molar-refractivity contribution >= 4 is 23.2 Å². The summed E-state index contributed by atoms with van der Waals surface area (Å²) in [5.74, 6) is -0.394. The third-order valence-electron chi connectivity index (χ3n) is 6.33. The van der Waals surface area contributed by atoms with Crippen molar-refractivity contribution in [3.05, 3.63) is 41.0 Å². The second-order valence-electron chi connectivity index (χ2n) is 11.7. The number of carbonyl (C=O) groups excluding carboxylic acids is 2. The number of aliphatic hydroxyl groups is 1. The molecule has 1 saturated heterocycles. The molecule has 3 N–H and O–H groups in total. The average Bonchev–Trinajstić information content (AvgIpc) is 3.35. The zero-order chi connectivity index (χ0) is 26.1. The molecule has 2 amide bonds. The van der Waals surface area contributed by atoms with Gasteiger partial charge in [0.15, 0.2) is 0 Å². The van der Waals surface area contributed by atoms with E-state index in [9.17, 15) is 14.7 Å². The smallest absolute Gasteiger partial charge is 0.243 e. The lowest BCUT2D eigenvalue weighted by atomic mass is 9.84. The molecule has 2 heterocycles. The number of nitrogens with one attached hydrogen (secondary N) is 2. The number of hydrogen-bond acceptors (Lipinski definition) is 6. The van der Waals surface area contributed by atoms with Crippen LogP contribution in [0.2, 0.25) is 0 Å². The van der Waals surface area contributed by atoms with E-state index in [4.69, 9.17) is 0 Å². The van der Waals surface area contributed by atoms with Gasteiger partial charge in [-0.15, -0.1) is 11.3 Å². The van der Waals surface area contributed by atoms with Crippen LogP contribution in [0.4, 0.5) is 0 Å². The number of benzene rings is 1. The minimum atomic E-state index is -0.720. The minimum Gasteiger partial charge on any atom is -0.391 e. The Bertz CT molecular complexity index is 1040. The summed E-state index contributed by atoms with van der Waals surface area (Å²) in [7, 11) is 0. The zero-order valence-electron chi connectivity index (χ0n) is 22.2. The quantitative estimate of drug-likeness (QED) is 0.556. The second-order valence-corrected chi connectivity index (χ2v) is 12.6. The highest BCUT2D eigenvalue weighted by Crippen LogP contribution is 2.30. The number of thiazole rings is 1. The topological polar surface area (TPSA) is 94.6 Å². The highest BCUT2D eigenvalue weighted by Gasteiger charge is 2.44. The Labute approximate surface area is 213 Å². The van der Waals surface area contributed by atoms with E-state index in [2.05, 4.69) is 15.6 Å². The third kappa shape index (κ3) is 6.68. The van der Waals surface area contributed by atoms with Crippen molar-refractivity contribution < 1.29 is 14.7 Å². The van der Waals surface area contributed by atoms with Crippen LogP contribution in [0.15, 0.2) is 29.8 Å². The lowest BCUT2D eigenvalue weighted by Crippen LogP contribution is -2.60. The fourth-order valence-corrected chi connectivity index (χ4v) is 5.26. The Balaban J connectivity index is 1.73. The van der Waals surface area contributed by atoms with E-state index < -0.39 is 18.2 Å². The highest BCUT2D eigenvalue weighted by atomic mass is 32.1. The summed E-state index contributed by atoms with van der Waals surface area (Å²) >= 11 is 1.61. The molecular formula is C27H40N4O3S. The maximum atomic E-state index is 13.6. The molecule has 1 aromatic heterocycles. The van der Waals surface area contributed by atoms with Gasteiger partial charge in [0.05, 0.1) is 34.3 Å². The molecule has 0 spiro atoms. The Morgan fingerprint density at radius 2 is 1.77 bits per heavy atom. The molecule has 1 aromatic carbocycles. The van der Waals surface area contributed by atoms with Crippen molar-refractivity contribution in [1.82, 2.24) is 20.5 Å². The summed E-state index contributed by atoms with van der Waals surface area (Å²) in [4.78, 5) is 33.9. The molecule has 0 bridgehead atoms. The van der Waals surface area contributed by atoms with Crippen LogP contribution in [0.5, 0.6) is 0 Å². The van der Waals surface area contributed by atoms with Gasteiger partial charge in [-0.05, 0) is 51.2 Å². The molecule has 2 aromatic rings. The van der Waals surface area contributed by atoms with E-state index in [0.717, 1.165) is 21.7 Å². The maximum absolute atomic E-state index is 13.6. The number of likely N-dealkylation sites (tertiary alicyclic amines) is 1. The normalized spacial score (nSPS) is 20.5. The summed E-state index contributed by atoms with van der Waals surface area (Å²) in [6, 6.07) is 6.68. The van der Waals surface area contributed by atoms with Gasteiger partial charge in [0.25, 0.3) is 0 Å². The third-order valence-corrected chi connectivity index (χ3v) is 7.31. The van der Waals surface area contributed by atoms with Crippen molar-refractivity contribution in [2.75, 3.05) is 6.54 Å². The van der Waals surface area contributed by atoms with Gasteiger partial charge in [-0.3, -0.25) is 9.59 Å². The highest BCUT2D eigenvalue weighted by molar-refractivity contribution is 7.13. The monoisotopic (exact) mass is 500 g/mol. The van der Waals surface area contributed by atoms with Crippen molar-refractivity contribution in [1.29, 1.82) is 0 Å². The first-order valence-corrected chi connectivity index (χ1v) is 13.1. The van der Waals surface area contributed by atoms with Crippen molar-refractivity contribution in [2.45, 2.75) is 91.6 Å². The van der Waals surface area contributed by atoms with Crippen molar-refractivity contribution in [3.63, 3.8) is 0 Å². The molecule has 4 atom stereocenters. The lowest BCUT2D eigenvalue weighted by Gasteiger charge is -2.39. The van der Waals surface area contributed by atoms with Gasteiger partial charge < -0.3 is 20.6 Å². The van der Waals surface area contributed by atoms with Crippen LogP contribution < -0.4 is 10.6 Å². The van der Waals surface area contributed by atoms with Crippen LogP contribution >= 0.6 is 11.3 Å². The molecule has 0 radical (unpaired) electrons. The number of carbonyl (C=O) groups is 2. The molecule has 35 heavy (non-hydrogen) atoms. The van der Waals surface area contributed by atoms with E-state index in [1.807, 2.05) is 85.2 Å². The number of aromatic nitrogens is 1. The van der Waals surface area contributed by atoms with E-state index in [0.29, 0.717) is 0 Å². The number of aryl methyl sites for hydroxylation is 1. The van der Waals surface area contributed by atoms with Crippen LogP contribution in [-0.2, 0) is 9.59 Å². The fraction of sp³-hybridized carbons (Fsp3) is 0.593. The summed E-state index contributed by atoms with van der Waals surface area (Å²) in [5, 5.41) is 16.9. The number of nitrogens with zero attached hydrogens (tertiary/aromatic N) is 2. The molecule has 1 aliphatic rings. The molecule has 0 aliphatic carbocycles. The van der Waals surface area contributed by atoms with E-state index >= 15 is 0 Å². The van der Waals surface area contributed by atoms with E-state index in [-0.39, 0.29) is 41.8 Å². The van der Waals surface area contributed by atoms with Gasteiger partial charge in [-0.1, -0.05) is 45.0 Å². The van der Waals surface area contributed by atoms with Crippen LogP contribution in [0.25, 0.3) is 10.4 Å². The maximum Gasteiger partial charge on any atom is 0.243 e. The fourth-order valence-electron chi connectivity index (χ4n) is 4.45. The summed E-state index contributed by atoms with van der Waals surface area (Å²) in [5.41, 5.74) is 4.28. The first kappa shape index (κ1) is 27.3. The Hall–Kier alpha value is -2.29. The van der Waals surface area contributed by atoms with E-state index in [1.165, 1.54) is 0 Å².